The molecule has 0 atom stereocenters. The smallest absolute Gasteiger partial charge is 0.338 e. The van der Waals surface area contributed by atoms with Crippen molar-refractivity contribution in [1.82, 2.24) is 0 Å². The first kappa shape index (κ1) is 25.6. The zero-order valence-corrected chi connectivity index (χ0v) is 19.4. The molecule has 8 heteroatoms. The number of anilines is 2. The lowest BCUT2D eigenvalue weighted by molar-refractivity contribution is -0.120. The van der Waals surface area contributed by atoms with Crippen molar-refractivity contribution in [2.24, 2.45) is 5.41 Å². The van der Waals surface area contributed by atoms with Gasteiger partial charge in [-0.25, -0.2) is 9.59 Å². The number of carbonyl (C=O) groups is 4. The lowest BCUT2D eigenvalue weighted by Gasteiger charge is -2.23. The Balaban J connectivity index is 1.86. The molecule has 33 heavy (non-hydrogen) atoms. The SMILES string of the molecule is CCOC(=O)c1ccc(NC(=O)CC(C)(C)CC(=O)Nc2ccc(C(=O)OCC)cc2)cc1. The predicted molar refractivity (Wildman–Crippen MR) is 125 cm³/mol. The van der Waals surface area contributed by atoms with Crippen molar-refractivity contribution < 1.29 is 28.7 Å². The molecule has 2 aromatic carbocycles. The van der Waals surface area contributed by atoms with Gasteiger partial charge in [-0.15, -0.1) is 0 Å². The number of esters is 2. The first-order valence-corrected chi connectivity index (χ1v) is 10.8. The molecule has 2 aromatic rings. The minimum Gasteiger partial charge on any atom is -0.462 e. The molecule has 2 N–H and O–H groups in total. The molecule has 0 saturated carbocycles. The van der Waals surface area contributed by atoms with Crippen LogP contribution in [0.25, 0.3) is 0 Å². The highest BCUT2D eigenvalue weighted by Crippen LogP contribution is 2.26. The molecule has 0 fully saturated rings. The summed E-state index contributed by atoms with van der Waals surface area (Å²) in [6.45, 7) is 7.71. The Labute approximate surface area is 193 Å². The van der Waals surface area contributed by atoms with E-state index in [0.717, 1.165) is 0 Å². The fourth-order valence-electron chi connectivity index (χ4n) is 3.15. The van der Waals surface area contributed by atoms with Crippen molar-refractivity contribution in [3.05, 3.63) is 59.7 Å². The van der Waals surface area contributed by atoms with Crippen molar-refractivity contribution in [2.45, 2.75) is 40.5 Å². The van der Waals surface area contributed by atoms with Gasteiger partial charge in [0.15, 0.2) is 0 Å². The number of nitrogens with one attached hydrogen (secondary N) is 2. The monoisotopic (exact) mass is 454 g/mol. The molecule has 0 bridgehead atoms. The number of benzene rings is 2. The lowest BCUT2D eigenvalue weighted by Crippen LogP contribution is -2.27. The Bertz CT molecular complexity index is 901. The van der Waals surface area contributed by atoms with Gasteiger partial charge in [0, 0.05) is 24.2 Å². The summed E-state index contributed by atoms with van der Waals surface area (Å²) in [5, 5.41) is 5.56. The molecular weight excluding hydrogens is 424 g/mol. The zero-order chi connectivity index (χ0) is 24.4. The molecule has 0 aliphatic carbocycles. The second-order valence-corrected chi connectivity index (χ2v) is 8.21. The minimum absolute atomic E-state index is 0.127. The topological polar surface area (TPSA) is 111 Å². The molecular formula is C25H30N2O6. The maximum atomic E-state index is 12.5. The van der Waals surface area contributed by atoms with Crippen LogP contribution < -0.4 is 10.6 Å². The van der Waals surface area contributed by atoms with Crippen LogP contribution in [0.5, 0.6) is 0 Å². The molecule has 0 heterocycles. The summed E-state index contributed by atoms with van der Waals surface area (Å²) in [5.74, 6) is -1.32. The summed E-state index contributed by atoms with van der Waals surface area (Å²) in [7, 11) is 0. The normalized spacial score (nSPS) is 10.8. The number of rotatable bonds is 10. The molecule has 2 amide bonds. The maximum absolute atomic E-state index is 12.5. The van der Waals surface area contributed by atoms with Crippen LogP contribution in [0.2, 0.25) is 0 Å². The van der Waals surface area contributed by atoms with Crippen LogP contribution in [0.15, 0.2) is 48.5 Å². The summed E-state index contributed by atoms with van der Waals surface area (Å²) in [4.78, 5) is 48.3. The van der Waals surface area contributed by atoms with Crippen LogP contribution in [-0.2, 0) is 19.1 Å². The van der Waals surface area contributed by atoms with Gasteiger partial charge < -0.3 is 20.1 Å². The highest BCUT2D eigenvalue weighted by atomic mass is 16.5. The Hall–Kier alpha value is -3.68. The molecule has 0 aliphatic rings. The van der Waals surface area contributed by atoms with E-state index in [0.29, 0.717) is 35.7 Å². The summed E-state index contributed by atoms with van der Waals surface area (Å²) < 4.78 is 9.87. The molecule has 0 aliphatic heterocycles. The quantitative estimate of drug-likeness (QED) is 0.514. The first-order chi connectivity index (χ1) is 15.6. The molecule has 0 aromatic heterocycles. The Morgan fingerprint density at radius 3 is 1.30 bits per heavy atom. The van der Waals surface area contributed by atoms with E-state index in [9.17, 15) is 19.2 Å². The molecule has 0 unspecified atom stereocenters. The highest BCUT2D eigenvalue weighted by molar-refractivity contribution is 5.95. The van der Waals surface area contributed by atoms with Crippen molar-refractivity contribution in [3.63, 3.8) is 0 Å². The van der Waals surface area contributed by atoms with E-state index < -0.39 is 17.4 Å². The van der Waals surface area contributed by atoms with E-state index in [1.54, 1.807) is 62.4 Å². The van der Waals surface area contributed by atoms with E-state index in [4.69, 9.17) is 9.47 Å². The van der Waals surface area contributed by atoms with E-state index in [1.807, 2.05) is 13.8 Å². The second kappa shape index (κ2) is 11.8. The third-order valence-corrected chi connectivity index (χ3v) is 4.64. The van der Waals surface area contributed by atoms with Crippen LogP contribution in [0.3, 0.4) is 0 Å². The number of carbonyl (C=O) groups excluding carboxylic acids is 4. The lowest BCUT2D eigenvalue weighted by atomic mass is 9.85. The molecule has 176 valence electrons. The van der Waals surface area contributed by atoms with Crippen LogP contribution in [-0.4, -0.2) is 37.0 Å². The standard InChI is InChI=1S/C25H30N2O6/c1-5-32-23(30)17-7-11-19(12-8-17)26-21(28)15-25(3,4)16-22(29)27-20-13-9-18(10-14-20)24(31)33-6-2/h7-14H,5-6,15-16H2,1-4H3,(H,26,28)(H,27,29). The van der Waals surface area contributed by atoms with Gasteiger partial charge >= 0.3 is 11.9 Å². The first-order valence-electron chi connectivity index (χ1n) is 10.8. The van der Waals surface area contributed by atoms with Gasteiger partial charge in [0.2, 0.25) is 11.8 Å². The Morgan fingerprint density at radius 1 is 0.667 bits per heavy atom. The Morgan fingerprint density at radius 2 is 1.00 bits per heavy atom. The molecule has 0 spiro atoms. The number of ether oxygens (including phenoxy) is 2. The largest absolute Gasteiger partial charge is 0.462 e. The van der Waals surface area contributed by atoms with Crippen LogP contribution in [0.1, 0.15) is 61.3 Å². The van der Waals surface area contributed by atoms with Gasteiger partial charge in [-0.3, -0.25) is 9.59 Å². The van der Waals surface area contributed by atoms with Gasteiger partial charge in [0.05, 0.1) is 24.3 Å². The summed E-state index contributed by atoms with van der Waals surface area (Å²) in [6.07, 6.45) is 0.254. The number of hydrogen-bond acceptors (Lipinski definition) is 6. The van der Waals surface area contributed by atoms with E-state index >= 15 is 0 Å². The second-order valence-electron chi connectivity index (χ2n) is 8.21. The van der Waals surface area contributed by atoms with Crippen LogP contribution in [0.4, 0.5) is 11.4 Å². The van der Waals surface area contributed by atoms with Crippen molar-refractivity contribution in [1.29, 1.82) is 0 Å². The highest BCUT2D eigenvalue weighted by Gasteiger charge is 2.25. The third-order valence-electron chi connectivity index (χ3n) is 4.64. The fourth-order valence-corrected chi connectivity index (χ4v) is 3.15. The summed E-state index contributed by atoms with van der Waals surface area (Å²) in [6, 6.07) is 12.8. The minimum atomic E-state index is -0.593. The zero-order valence-electron chi connectivity index (χ0n) is 19.4. The van der Waals surface area contributed by atoms with Crippen molar-refractivity contribution in [2.75, 3.05) is 23.8 Å². The fraction of sp³-hybridized carbons (Fsp3) is 0.360. The van der Waals surface area contributed by atoms with Gasteiger partial charge in [-0.1, -0.05) is 13.8 Å². The van der Waals surface area contributed by atoms with E-state index in [2.05, 4.69) is 10.6 Å². The van der Waals surface area contributed by atoms with Crippen LogP contribution >= 0.6 is 0 Å². The number of hydrogen-bond donors (Lipinski definition) is 2. The number of amides is 2. The van der Waals surface area contributed by atoms with Crippen molar-refractivity contribution >= 4 is 35.1 Å². The molecule has 2 rings (SSSR count). The summed E-state index contributed by atoms with van der Waals surface area (Å²) in [5.41, 5.74) is 1.32. The predicted octanol–water partition coefficient (Wildman–Crippen LogP) is 4.42. The van der Waals surface area contributed by atoms with Crippen molar-refractivity contribution in [3.8, 4) is 0 Å². The van der Waals surface area contributed by atoms with Crippen LogP contribution in [0, 0.1) is 5.41 Å². The summed E-state index contributed by atoms with van der Waals surface area (Å²) >= 11 is 0. The van der Waals surface area contributed by atoms with Gasteiger partial charge in [0.1, 0.15) is 0 Å². The van der Waals surface area contributed by atoms with Gasteiger partial charge in [-0.05, 0) is 67.8 Å². The third kappa shape index (κ3) is 8.40. The average molecular weight is 455 g/mol. The molecule has 0 radical (unpaired) electrons. The molecule has 8 nitrogen and oxygen atoms in total. The van der Waals surface area contributed by atoms with Gasteiger partial charge in [-0.2, -0.15) is 0 Å². The van der Waals surface area contributed by atoms with Gasteiger partial charge in [0.25, 0.3) is 0 Å². The average Bonchev–Trinajstić information content (AvgIpc) is 2.74. The Kier molecular flexibility index (Phi) is 9.15. The molecule has 0 saturated heterocycles. The van der Waals surface area contributed by atoms with E-state index in [1.165, 1.54) is 0 Å². The van der Waals surface area contributed by atoms with E-state index in [-0.39, 0.29) is 24.7 Å². The maximum Gasteiger partial charge on any atom is 0.338 e.